The number of nitrogens with two attached hydrogens (primary N) is 1. The third-order valence-electron chi connectivity index (χ3n) is 4.85. The number of amides is 1. The number of H-pyrrole nitrogens is 1. The SMILES string of the molecule is NC(=O)c1cccc2[nH]c([C@H]3CCN(Cc4ccc(F)c(F)c4)C3)nc12. The lowest BCUT2D eigenvalue weighted by Gasteiger charge is -2.15. The van der Waals surface area contributed by atoms with Crippen molar-refractivity contribution in [2.24, 2.45) is 5.73 Å². The van der Waals surface area contributed by atoms with Crippen molar-refractivity contribution in [3.8, 4) is 0 Å². The van der Waals surface area contributed by atoms with Crippen LogP contribution in [0.25, 0.3) is 11.0 Å². The molecular formula is C19H18F2N4O. The number of fused-ring (bicyclic) bond motifs is 1. The third kappa shape index (κ3) is 3.06. The summed E-state index contributed by atoms with van der Waals surface area (Å²) in [6.07, 6.45) is 0.898. The van der Waals surface area contributed by atoms with Crippen molar-refractivity contribution in [1.82, 2.24) is 14.9 Å². The number of benzene rings is 2. The first-order valence-corrected chi connectivity index (χ1v) is 8.46. The van der Waals surface area contributed by atoms with E-state index in [1.54, 1.807) is 18.2 Å². The molecule has 1 aliphatic heterocycles. The Bertz CT molecular complexity index is 985. The Kier molecular flexibility index (Phi) is 4.16. The zero-order chi connectivity index (χ0) is 18.3. The highest BCUT2D eigenvalue weighted by Gasteiger charge is 2.27. The van der Waals surface area contributed by atoms with Crippen LogP contribution in [0.3, 0.4) is 0 Å². The minimum absolute atomic E-state index is 0.188. The number of halogens is 2. The second kappa shape index (κ2) is 6.49. The molecule has 1 atom stereocenters. The van der Waals surface area contributed by atoms with Crippen LogP contribution in [0.5, 0.6) is 0 Å². The smallest absolute Gasteiger partial charge is 0.250 e. The lowest BCUT2D eigenvalue weighted by molar-refractivity contribution is 0.100. The summed E-state index contributed by atoms with van der Waals surface area (Å²) in [7, 11) is 0. The van der Waals surface area contributed by atoms with Gasteiger partial charge in [-0.2, -0.15) is 0 Å². The van der Waals surface area contributed by atoms with Gasteiger partial charge in [0, 0.05) is 19.0 Å². The van der Waals surface area contributed by atoms with Gasteiger partial charge >= 0.3 is 0 Å². The highest BCUT2D eigenvalue weighted by atomic mass is 19.2. The number of rotatable bonds is 4. The largest absolute Gasteiger partial charge is 0.366 e. The number of nitrogens with zero attached hydrogens (tertiary/aromatic N) is 2. The van der Waals surface area contributed by atoms with Crippen LogP contribution in [-0.2, 0) is 6.54 Å². The monoisotopic (exact) mass is 356 g/mol. The molecule has 1 aliphatic rings. The van der Waals surface area contributed by atoms with Gasteiger partial charge < -0.3 is 10.7 Å². The molecule has 0 radical (unpaired) electrons. The van der Waals surface area contributed by atoms with Crippen LogP contribution >= 0.6 is 0 Å². The summed E-state index contributed by atoms with van der Waals surface area (Å²) in [5, 5.41) is 0. The van der Waals surface area contributed by atoms with Crippen molar-refractivity contribution in [3.63, 3.8) is 0 Å². The molecule has 1 saturated heterocycles. The number of aromatic amines is 1. The van der Waals surface area contributed by atoms with Crippen molar-refractivity contribution >= 4 is 16.9 Å². The minimum Gasteiger partial charge on any atom is -0.366 e. The molecule has 0 spiro atoms. The van der Waals surface area contributed by atoms with E-state index in [1.165, 1.54) is 6.07 Å². The summed E-state index contributed by atoms with van der Waals surface area (Å²) >= 11 is 0. The van der Waals surface area contributed by atoms with Crippen LogP contribution in [-0.4, -0.2) is 33.9 Å². The summed E-state index contributed by atoms with van der Waals surface area (Å²) < 4.78 is 26.4. The molecule has 0 aliphatic carbocycles. The zero-order valence-electron chi connectivity index (χ0n) is 14.0. The average molecular weight is 356 g/mol. The highest BCUT2D eigenvalue weighted by molar-refractivity contribution is 6.04. The van der Waals surface area contributed by atoms with Gasteiger partial charge in [-0.25, -0.2) is 13.8 Å². The maximum Gasteiger partial charge on any atom is 0.250 e. The van der Waals surface area contributed by atoms with Crippen LogP contribution in [0.2, 0.25) is 0 Å². The number of para-hydroxylation sites is 1. The molecule has 3 N–H and O–H groups in total. The Labute approximate surface area is 148 Å². The van der Waals surface area contributed by atoms with E-state index in [2.05, 4.69) is 14.9 Å². The molecule has 7 heteroatoms. The van der Waals surface area contributed by atoms with E-state index in [-0.39, 0.29) is 5.92 Å². The van der Waals surface area contributed by atoms with Crippen LogP contribution in [0.15, 0.2) is 36.4 Å². The van der Waals surface area contributed by atoms with Crippen molar-refractivity contribution in [2.45, 2.75) is 18.9 Å². The summed E-state index contributed by atoms with van der Waals surface area (Å²) in [5.74, 6) is -1.15. The number of carbonyl (C=O) groups excluding carboxylic acids is 1. The third-order valence-corrected chi connectivity index (χ3v) is 4.85. The number of hydrogen-bond donors (Lipinski definition) is 2. The fourth-order valence-electron chi connectivity index (χ4n) is 3.54. The van der Waals surface area contributed by atoms with Crippen molar-refractivity contribution < 1.29 is 13.6 Å². The number of hydrogen-bond acceptors (Lipinski definition) is 3. The maximum absolute atomic E-state index is 13.4. The van der Waals surface area contributed by atoms with Gasteiger partial charge in [0.2, 0.25) is 0 Å². The fourth-order valence-corrected chi connectivity index (χ4v) is 3.54. The van der Waals surface area contributed by atoms with E-state index >= 15 is 0 Å². The summed E-state index contributed by atoms with van der Waals surface area (Å²) in [5.41, 5.74) is 7.94. The maximum atomic E-state index is 13.4. The molecule has 1 fully saturated rings. The lowest BCUT2D eigenvalue weighted by Crippen LogP contribution is -2.20. The van der Waals surface area contributed by atoms with Gasteiger partial charge in [0.1, 0.15) is 11.3 Å². The normalized spacial score (nSPS) is 17.8. The highest BCUT2D eigenvalue weighted by Crippen LogP contribution is 2.29. The number of nitrogens with one attached hydrogen (secondary N) is 1. The first-order chi connectivity index (χ1) is 12.5. The van der Waals surface area contributed by atoms with Gasteiger partial charge in [0.15, 0.2) is 11.6 Å². The molecule has 5 nitrogen and oxygen atoms in total. The predicted octanol–water partition coefficient (Wildman–Crippen LogP) is 2.93. The second-order valence-corrected chi connectivity index (χ2v) is 6.66. The van der Waals surface area contributed by atoms with Gasteiger partial charge in [-0.3, -0.25) is 9.69 Å². The van der Waals surface area contributed by atoms with E-state index in [1.807, 2.05) is 6.07 Å². The van der Waals surface area contributed by atoms with E-state index in [9.17, 15) is 13.6 Å². The molecule has 2 aromatic carbocycles. The van der Waals surface area contributed by atoms with Crippen LogP contribution < -0.4 is 5.73 Å². The van der Waals surface area contributed by atoms with E-state index in [4.69, 9.17) is 5.73 Å². The van der Waals surface area contributed by atoms with Gasteiger partial charge in [0.25, 0.3) is 5.91 Å². The Morgan fingerprint density at radius 2 is 2.12 bits per heavy atom. The van der Waals surface area contributed by atoms with Crippen LogP contribution in [0, 0.1) is 11.6 Å². The molecular weight excluding hydrogens is 338 g/mol. The standard InChI is InChI=1S/C19H18F2N4O/c20-14-5-4-11(8-15(14)21)9-25-7-6-12(10-25)19-23-16-3-1-2-13(18(22)26)17(16)24-19/h1-5,8,12H,6-7,9-10H2,(H2,22,26)(H,23,24)/t12-/m0/s1. The molecule has 2 heterocycles. The summed E-state index contributed by atoms with van der Waals surface area (Å²) in [6, 6.07) is 9.30. The number of likely N-dealkylation sites (tertiary alicyclic amines) is 1. The van der Waals surface area contributed by atoms with E-state index < -0.39 is 17.5 Å². The number of primary amides is 1. The topological polar surface area (TPSA) is 75.0 Å². The van der Waals surface area contributed by atoms with Crippen LogP contribution in [0.4, 0.5) is 8.78 Å². The zero-order valence-corrected chi connectivity index (χ0v) is 14.0. The molecule has 1 amide bonds. The van der Waals surface area contributed by atoms with E-state index in [0.717, 1.165) is 42.5 Å². The first-order valence-electron chi connectivity index (χ1n) is 8.46. The molecule has 0 unspecified atom stereocenters. The van der Waals surface area contributed by atoms with Gasteiger partial charge in [-0.15, -0.1) is 0 Å². The van der Waals surface area contributed by atoms with E-state index in [0.29, 0.717) is 17.6 Å². The Balaban J connectivity index is 1.51. The molecule has 1 aromatic heterocycles. The fraction of sp³-hybridized carbons (Fsp3) is 0.263. The molecule has 26 heavy (non-hydrogen) atoms. The summed E-state index contributed by atoms with van der Waals surface area (Å²) in [6.45, 7) is 2.15. The number of aromatic nitrogens is 2. The number of imidazole rings is 1. The van der Waals surface area contributed by atoms with Crippen LogP contribution in [0.1, 0.15) is 34.1 Å². The van der Waals surface area contributed by atoms with Crippen molar-refractivity contribution in [2.75, 3.05) is 13.1 Å². The molecule has 4 rings (SSSR count). The van der Waals surface area contributed by atoms with Gasteiger partial charge in [-0.05, 0) is 42.8 Å². The Morgan fingerprint density at radius 1 is 1.27 bits per heavy atom. The molecule has 0 saturated carbocycles. The van der Waals surface area contributed by atoms with Crippen molar-refractivity contribution in [1.29, 1.82) is 0 Å². The average Bonchev–Trinajstić information content (AvgIpc) is 3.24. The predicted molar refractivity (Wildman–Crippen MR) is 93.6 cm³/mol. The van der Waals surface area contributed by atoms with Crippen molar-refractivity contribution in [3.05, 3.63) is 65.0 Å². The molecule has 3 aromatic rings. The Morgan fingerprint density at radius 3 is 2.88 bits per heavy atom. The molecule has 134 valence electrons. The quantitative estimate of drug-likeness (QED) is 0.755. The minimum atomic E-state index is -0.833. The Hall–Kier alpha value is -2.80. The van der Waals surface area contributed by atoms with Gasteiger partial charge in [0.05, 0.1) is 11.1 Å². The first kappa shape index (κ1) is 16.7. The number of carbonyl (C=O) groups is 1. The van der Waals surface area contributed by atoms with Gasteiger partial charge in [-0.1, -0.05) is 12.1 Å². The lowest BCUT2D eigenvalue weighted by atomic mass is 10.1. The second-order valence-electron chi connectivity index (χ2n) is 6.66. The summed E-state index contributed by atoms with van der Waals surface area (Å²) in [4.78, 5) is 21.6. The molecule has 0 bridgehead atoms.